The van der Waals surface area contributed by atoms with E-state index in [1.54, 1.807) is 36.2 Å². The summed E-state index contributed by atoms with van der Waals surface area (Å²) < 4.78 is 6.24. The van der Waals surface area contributed by atoms with Gasteiger partial charge in [-0.2, -0.15) is 0 Å². The third-order valence-electron chi connectivity index (χ3n) is 5.28. The molecule has 32 heavy (non-hydrogen) atoms. The van der Waals surface area contributed by atoms with E-state index in [4.69, 9.17) is 16.7 Å². The van der Waals surface area contributed by atoms with E-state index in [0.29, 0.717) is 11.4 Å². The number of carbonyl (C=O) groups excluding carboxylic acids is 2. The average Bonchev–Trinajstić information content (AvgIpc) is 3.20. The molecule has 2 N–H and O–H groups in total. The van der Waals surface area contributed by atoms with Gasteiger partial charge in [0.1, 0.15) is 12.6 Å². The molecule has 2 amide bonds. The van der Waals surface area contributed by atoms with E-state index in [-0.39, 0.29) is 35.6 Å². The predicted octanol–water partition coefficient (Wildman–Crippen LogP) is 1.63. The highest BCUT2D eigenvalue weighted by Gasteiger charge is 2.45. The molecule has 0 saturated carbocycles. The topological polar surface area (TPSA) is 103 Å². The van der Waals surface area contributed by atoms with E-state index in [9.17, 15) is 14.4 Å². The van der Waals surface area contributed by atoms with Crippen LogP contribution in [0.15, 0.2) is 63.9 Å². The van der Waals surface area contributed by atoms with Crippen molar-refractivity contribution >= 4 is 40.5 Å². The van der Waals surface area contributed by atoms with Gasteiger partial charge in [0.2, 0.25) is 5.91 Å². The lowest BCUT2D eigenvalue weighted by Gasteiger charge is -2.21. The molecule has 0 bridgehead atoms. The van der Waals surface area contributed by atoms with E-state index in [0.717, 1.165) is 5.56 Å². The van der Waals surface area contributed by atoms with E-state index in [1.807, 2.05) is 37.3 Å². The van der Waals surface area contributed by atoms with Gasteiger partial charge in [0.25, 0.3) is 5.91 Å². The van der Waals surface area contributed by atoms with Gasteiger partial charge in [-0.05, 0) is 48.7 Å². The Labute approximate surface area is 189 Å². The predicted molar refractivity (Wildman–Crippen MR) is 121 cm³/mol. The highest BCUT2D eigenvalue weighted by Crippen LogP contribution is 2.28. The Balaban J connectivity index is 1.64. The van der Waals surface area contributed by atoms with Crippen LogP contribution in [0.3, 0.4) is 0 Å². The van der Waals surface area contributed by atoms with E-state index in [2.05, 4.69) is 10.6 Å². The average molecular weight is 453 g/mol. The third-order valence-corrected chi connectivity index (χ3v) is 5.70. The summed E-state index contributed by atoms with van der Waals surface area (Å²) in [6.07, 6.45) is -0.129. The van der Waals surface area contributed by atoms with Crippen LogP contribution in [-0.2, 0) is 23.2 Å². The minimum atomic E-state index is -0.873. The first-order valence-corrected chi connectivity index (χ1v) is 10.4. The minimum absolute atomic E-state index is 0.0125. The Hall–Kier alpha value is -3.79. The highest BCUT2D eigenvalue weighted by molar-refractivity contribution is 7.80. The molecule has 10 heteroatoms. The van der Waals surface area contributed by atoms with Crippen LogP contribution < -0.4 is 20.5 Å². The molecule has 3 aromatic rings. The zero-order valence-corrected chi connectivity index (χ0v) is 18.4. The molecule has 1 fully saturated rings. The Morgan fingerprint density at radius 2 is 1.84 bits per heavy atom. The number of hydrogen-bond donors (Lipinski definition) is 2. The lowest BCUT2D eigenvalue weighted by atomic mass is 10.1. The number of nitrogens with zero attached hydrogens (tertiary/aromatic N) is 3. The van der Waals surface area contributed by atoms with Gasteiger partial charge < -0.3 is 10.2 Å². The van der Waals surface area contributed by atoms with Crippen LogP contribution in [0.2, 0.25) is 0 Å². The monoisotopic (exact) mass is 452 g/mol. The first-order valence-electron chi connectivity index (χ1n) is 9.97. The first kappa shape index (κ1) is 21.4. The number of benzene rings is 2. The van der Waals surface area contributed by atoms with Crippen molar-refractivity contribution in [3.05, 3.63) is 76.3 Å². The lowest BCUT2D eigenvalue weighted by Crippen LogP contribution is -2.44. The maximum Gasteiger partial charge on any atom is 0.431 e. The van der Waals surface area contributed by atoms with Crippen molar-refractivity contribution in [2.45, 2.75) is 25.9 Å². The standard InChI is InChI=1S/C22H21N5O4S/c1-14-8-10-16(11-9-14)27-20(29)17(12-19(28)23-15-6-4-3-5-7-15)26(22(27)32)13-18-21(30)31-24-25(18)2/h3-11,17H,12-13H2,1-2H3,(H-,23,24,28,30)/p+1. The fraction of sp³-hybridized carbons (Fsp3) is 0.227. The van der Waals surface area contributed by atoms with E-state index < -0.39 is 11.7 Å². The van der Waals surface area contributed by atoms with Gasteiger partial charge in [-0.1, -0.05) is 40.6 Å². The van der Waals surface area contributed by atoms with Crippen molar-refractivity contribution in [2.75, 3.05) is 10.2 Å². The van der Waals surface area contributed by atoms with Crippen molar-refractivity contribution in [3.63, 3.8) is 0 Å². The molecule has 1 aliphatic heterocycles. The number of aromatic amines is 1. The molecular formula is C22H22N5O4S+. The van der Waals surface area contributed by atoms with E-state index >= 15 is 0 Å². The number of aryl methyl sites for hydroxylation is 2. The molecule has 0 spiro atoms. The lowest BCUT2D eigenvalue weighted by molar-refractivity contribution is -0.746. The van der Waals surface area contributed by atoms with Gasteiger partial charge in [0, 0.05) is 5.69 Å². The van der Waals surface area contributed by atoms with Crippen LogP contribution in [0.4, 0.5) is 11.4 Å². The number of thiocarbonyl (C=S) groups is 1. The number of hydrogen-bond acceptors (Lipinski definition) is 5. The number of carbonyl (C=O) groups is 2. The Kier molecular flexibility index (Phi) is 5.87. The van der Waals surface area contributed by atoms with Gasteiger partial charge in [0.15, 0.2) is 12.2 Å². The maximum absolute atomic E-state index is 13.4. The Morgan fingerprint density at radius 3 is 2.47 bits per heavy atom. The molecule has 0 aliphatic carbocycles. The summed E-state index contributed by atoms with van der Waals surface area (Å²) in [5, 5.41) is 5.47. The molecule has 1 aliphatic rings. The number of anilines is 2. The fourth-order valence-corrected chi connectivity index (χ4v) is 3.93. The van der Waals surface area contributed by atoms with Gasteiger partial charge >= 0.3 is 11.3 Å². The first-order chi connectivity index (χ1) is 15.3. The fourth-order valence-electron chi connectivity index (χ4n) is 3.55. The van der Waals surface area contributed by atoms with Gasteiger partial charge in [0.05, 0.1) is 12.1 Å². The molecule has 2 aromatic carbocycles. The zero-order valence-electron chi connectivity index (χ0n) is 17.6. The number of nitrogens with one attached hydrogen (secondary N) is 2. The quantitative estimate of drug-likeness (QED) is 0.435. The Bertz CT molecular complexity index is 1220. The van der Waals surface area contributed by atoms with E-state index in [1.165, 1.54) is 9.58 Å². The van der Waals surface area contributed by atoms with Crippen LogP contribution in [0, 0.1) is 6.92 Å². The van der Waals surface area contributed by atoms with Crippen LogP contribution in [-0.4, -0.2) is 33.1 Å². The SMILES string of the molecule is Cc1ccc(N2C(=O)C(CC(=O)Nc3ccccc3)N(Cc3c(=O)o[nH][n+]3C)C2=S)cc1. The molecular weight excluding hydrogens is 430 g/mol. The molecule has 1 unspecified atom stereocenters. The van der Waals surface area contributed by atoms with Crippen molar-refractivity contribution in [1.82, 2.24) is 10.2 Å². The minimum Gasteiger partial charge on any atom is -0.326 e. The molecule has 2 heterocycles. The molecule has 9 nitrogen and oxygen atoms in total. The second-order valence-electron chi connectivity index (χ2n) is 7.54. The molecule has 1 aromatic heterocycles. The van der Waals surface area contributed by atoms with Crippen LogP contribution in [0.5, 0.6) is 0 Å². The third kappa shape index (κ3) is 4.17. The molecule has 0 radical (unpaired) electrons. The second kappa shape index (κ2) is 8.75. The number of H-pyrrole nitrogens is 1. The summed E-state index contributed by atoms with van der Waals surface area (Å²) in [5.74, 6) is -0.664. The molecule has 4 rings (SSSR count). The number of para-hydroxylation sites is 1. The van der Waals surface area contributed by atoms with Crippen LogP contribution in [0.1, 0.15) is 17.7 Å². The van der Waals surface area contributed by atoms with Crippen molar-refractivity contribution < 1.29 is 18.8 Å². The normalized spacial score (nSPS) is 16.0. The van der Waals surface area contributed by atoms with Crippen molar-refractivity contribution in [1.29, 1.82) is 0 Å². The maximum atomic E-state index is 13.4. The van der Waals surface area contributed by atoms with Gasteiger partial charge in [-0.25, -0.2) is 4.79 Å². The summed E-state index contributed by atoms with van der Waals surface area (Å²) >= 11 is 5.62. The molecule has 164 valence electrons. The largest absolute Gasteiger partial charge is 0.431 e. The summed E-state index contributed by atoms with van der Waals surface area (Å²) in [6, 6.07) is 15.5. The van der Waals surface area contributed by atoms with Crippen molar-refractivity contribution in [2.24, 2.45) is 7.05 Å². The Morgan fingerprint density at radius 1 is 1.16 bits per heavy atom. The second-order valence-corrected chi connectivity index (χ2v) is 7.91. The highest BCUT2D eigenvalue weighted by atomic mass is 32.1. The van der Waals surface area contributed by atoms with Crippen LogP contribution in [0.25, 0.3) is 0 Å². The number of rotatable bonds is 6. The van der Waals surface area contributed by atoms with Crippen molar-refractivity contribution in [3.8, 4) is 0 Å². The summed E-state index contributed by atoms with van der Waals surface area (Å²) in [6.45, 7) is 1.96. The zero-order chi connectivity index (χ0) is 22.8. The van der Waals surface area contributed by atoms with Gasteiger partial charge in [-0.3, -0.25) is 19.0 Å². The number of amides is 2. The number of aromatic nitrogens is 2. The van der Waals surface area contributed by atoms with Gasteiger partial charge in [-0.15, -0.1) is 0 Å². The summed E-state index contributed by atoms with van der Waals surface area (Å²) in [7, 11) is 1.62. The summed E-state index contributed by atoms with van der Waals surface area (Å²) in [5.41, 5.74) is 1.99. The molecule has 1 saturated heterocycles. The van der Waals surface area contributed by atoms with Crippen LogP contribution >= 0.6 is 12.2 Å². The summed E-state index contributed by atoms with van der Waals surface area (Å²) in [4.78, 5) is 41.2. The smallest absolute Gasteiger partial charge is 0.326 e. The molecule has 1 atom stereocenters.